The third kappa shape index (κ3) is 2.46. The maximum Gasteiger partial charge on any atom is 0.176 e. The summed E-state index contributed by atoms with van der Waals surface area (Å²) >= 11 is 0. The molecule has 0 aliphatic rings. The van der Waals surface area contributed by atoms with Gasteiger partial charge in [0.2, 0.25) is 0 Å². The second-order valence-electron chi connectivity index (χ2n) is 5.34. The Morgan fingerprint density at radius 2 is 1.96 bits per heavy atom. The molecule has 0 saturated heterocycles. The molecule has 2 heterocycles. The van der Waals surface area contributed by atoms with E-state index in [1.54, 1.807) is 18.0 Å². The maximum atomic E-state index is 5.58. The van der Waals surface area contributed by atoms with Gasteiger partial charge in [-0.2, -0.15) is 4.73 Å². The Morgan fingerprint density at radius 3 is 2.70 bits per heavy atom. The molecule has 114 valence electrons. The van der Waals surface area contributed by atoms with Crippen LogP contribution in [0.5, 0.6) is 0 Å². The first-order valence-corrected chi connectivity index (χ1v) is 7.42. The number of fused-ring (bicyclic) bond motifs is 1. The first-order chi connectivity index (χ1) is 11.3. The summed E-state index contributed by atoms with van der Waals surface area (Å²) < 4.78 is 3.81. The lowest BCUT2D eigenvalue weighted by molar-refractivity contribution is 0.182. The molecule has 23 heavy (non-hydrogen) atoms. The van der Waals surface area contributed by atoms with Crippen LogP contribution in [0.4, 0.5) is 0 Å². The van der Waals surface area contributed by atoms with Crippen molar-refractivity contribution in [2.75, 3.05) is 7.11 Å². The smallest absolute Gasteiger partial charge is 0.176 e. The first-order valence-electron chi connectivity index (χ1n) is 7.42. The van der Waals surface area contributed by atoms with Crippen LogP contribution in [0.1, 0.15) is 5.56 Å². The molecule has 0 fully saturated rings. The molecule has 2 aromatic carbocycles. The molecule has 0 bridgehead atoms. The quantitative estimate of drug-likeness (QED) is 0.582. The van der Waals surface area contributed by atoms with Crippen molar-refractivity contribution < 1.29 is 4.84 Å². The molecule has 0 saturated carbocycles. The molecule has 4 rings (SSSR count). The topological polar surface area (TPSA) is 44.9 Å². The van der Waals surface area contributed by atoms with Crippen molar-refractivity contribution in [3.8, 4) is 11.4 Å². The van der Waals surface area contributed by atoms with Crippen LogP contribution < -0.4 is 4.84 Å². The highest BCUT2D eigenvalue weighted by Gasteiger charge is 2.13. The van der Waals surface area contributed by atoms with Crippen LogP contribution in [0, 0.1) is 0 Å². The van der Waals surface area contributed by atoms with E-state index in [2.05, 4.69) is 17.1 Å². The lowest BCUT2D eigenvalue weighted by Gasteiger charge is -2.07. The van der Waals surface area contributed by atoms with Crippen molar-refractivity contribution >= 4 is 11.0 Å². The van der Waals surface area contributed by atoms with Gasteiger partial charge >= 0.3 is 0 Å². The van der Waals surface area contributed by atoms with E-state index in [1.807, 2.05) is 53.5 Å². The summed E-state index contributed by atoms with van der Waals surface area (Å²) in [6.07, 6.45) is 5.55. The molecule has 0 radical (unpaired) electrons. The van der Waals surface area contributed by atoms with Gasteiger partial charge in [-0.3, -0.25) is 0 Å². The van der Waals surface area contributed by atoms with E-state index in [4.69, 9.17) is 9.82 Å². The molecule has 2 aromatic heterocycles. The Bertz CT molecular complexity index is 926. The third-order valence-electron chi connectivity index (χ3n) is 3.82. The fourth-order valence-corrected chi connectivity index (χ4v) is 2.74. The SMILES string of the molecule is COn1c(-c2ccccc2)nc2ccc(Cn3ccnc3)cc21. The Morgan fingerprint density at radius 1 is 1.09 bits per heavy atom. The van der Waals surface area contributed by atoms with Crippen LogP contribution in [0.3, 0.4) is 0 Å². The summed E-state index contributed by atoms with van der Waals surface area (Å²) in [6, 6.07) is 16.3. The number of benzene rings is 2. The van der Waals surface area contributed by atoms with E-state index in [-0.39, 0.29) is 0 Å². The minimum Gasteiger partial charge on any atom is -0.415 e. The van der Waals surface area contributed by atoms with Crippen molar-refractivity contribution in [3.63, 3.8) is 0 Å². The molecule has 0 spiro atoms. The summed E-state index contributed by atoms with van der Waals surface area (Å²) in [5.74, 6) is 0.808. The van der Waals surface area contributed by atoms with Crippen molar-refractivity contribution in [1.29, 1.82) is 0 Å². The van der Waals surface area contributed by atoms with E-state index < -0.39 is 0 Å². The molecule has 0 amide bonds. The number of nitrogens with zero attached hydrogens (tertiary/aromatic N) is 4. The zero-order valence-corrected chi connectivity index (χ0v) is 12.8. The van der Waals surface area contributed by atoms with Crippen LogP contribution in [0.25, 0.3) is 22.4 Å². The van der Waals surface area contributed by atoms with E-state index in [1.165, 1.54) is 5.56 Å². The second kappa shape index (κ2) is 5.61. The van der Waals surface area contributed by atoms with Gasteiger partial charge in [0.25, 0.3) is 0 Å². The van der Waals surface area contributed by atoms with Crippen LogP contribution in [0.2, 0.25) is 0 Å². The molecular weight excluding hydrogens is 288 g/mol. The van der Waals surface area contributed by atoms with Gasteiger partial charge in [0.1, 0.15) is 12.6 Å². The van der Waals surface area contributed by atoms with E-state index >= 15 is 0 Å². The van der Waals surface area contributed by atoms with Gasteiger partial charge in [0.05, 0.1) is 11.8 Å². The van der Waals surface area contributed by atoms with Gasteiger partial charge in [0.15, 0.2) is 5.82 Å². The number of aromatic nitrogens is 4. The predicted octanol–water partition coefficient (Wildman–Crippen LogP) is 3.01. The van der Waals surface area contributed by atoms with Gasteiger partial charge in [0, 0.05) is 24.5 Å². The summed E-state index contributed by atoms with van der Waals surface area (Å²) in [7, 11) is 1.66. The largest absolute Gasteiger partial charge is 0.415 e. The van der Waals surface area contributed by atoms with E-state index in [0.29, 0.717) is 0 Å². The summed E-state index contributed by atoms with van der Waals surface area (Å²) in [4.78, 5) is 14.4. The normalized spacial score (nSPS) is 11.0. The monoisotopic (exact) mass is 304 g/mol. The van der Waals surface area contributed by atoms with Gasteiger partial charge < -0.3 is 9.40 Å². The first kappa shape index (κ1) is 13.6. The number of rotatable bonds is 4. The Labute approximate surface area is 133 Å². The Hall–Kier alpha value is -3.08. The van der Waals surface area contributed by atoms with Crippen LogP contribution in [0.15, 0.2) is 67.3 Å². The summed E-state index contributed by atoms with van der Waals surface area (Å²) in [5.41, 5.74) is 4.08. The molecule has 5 heteroatoms. The Kier molecular flexibility index (Phi) is 3.31. The second-order valence-corrected chi connectivity index (χ2v) is 5.34. The molecule has 0 aliphatic heterocycles. The fourth-order valence-electron chi connectivity index (χ4n) is 2.74. The highest BCUT2D eigenvalue weighted by Crippen LogP contribution is 2.24. The lowest BCUT2D eigenvalue weighted by atomic mass is 10.2. The molecule has 4 aromatic rings. The van der Waals surface area contributed by atoms with Crippen LogP contribution in [-0.2, 0) is 6.54 Å². The number of hydrogen-bond acceptors (Lipinski definition) is 3. The summed E-state index contributed by atoms with van der Waals surface area (Å²) in [5, 5.41) is 0. The van der Waals surface area contributed by atoms with Gasteiger partial charge in [-0.1, -0.05) is 36.4 Å². The molecule has 0 aliphatic carbocycles. The average molecular weight is 304 g/mol. The highest BCUT2D eigenvalue weighted by atomic mass is 16.6. The minimum atomic E-state index is 0.769. The minimum absolute atomic E-state index is 0.769. The Balaban J connectivity index is 1.81. The zero-order valence-electron chi connectivity index (χ0n) is 12.8. The predicted molar refractivity (Wildman–Crippen MR) is 89.0 cm³/mol. The van der Waals surface area contributed by atoms with Gasteiger partial charge in [-0.15, -0.1) is 0 Å². The third-order valence-corrected chi connectivity index (χ3v) is 3.82. The zero-order chi connectivity index (χ0) is 15.6. The number of imidazole rings is 2. The van der Waals surface area contributed by atoms with E-state index in [0.717, 1.165) is 29.0 Å². The lowest BCUT2D eigenvalue weighted by Crippen LogP contribution is -2.07. The fraction of sp³-hybridized carbons (Fsp3) is 0.111. The molecule has 5 nitrogen and oxygen atoms in total. The van der Waals surface area contributed by atoms with E-state index in [9.17, 15) is 0 Å². The van der Waals surface area contributed by atoms with Crippen LogP contribution in [-0.4, -0.2) is 26.4 Å². The van der Waals surface area contributed by atoms with Crippen LogP contribution >= 0.6 is 0 Å². The summed E-state index contributed by atoms with van der Waals surface area (Å²) in [6.45, 7) is 0.769. The molecular formula is C18H16N4O. The molecule has 0 N–H and O–H groups in total. The standard InChI is InChI=1S/C18H16N4O/c1-23-22-17-11-14(12-21-10-9-19-13-21)7-8-16(17)20-18(22)15-5-3-2-4-6-15/h2-11,13H,12H2,1H3. The maximum absolute atomic E-state index is 5.58. The van der Waals surface area contributed by atoms with Crippen molar-refractivity contribution in [1.82, 2.24) is 19.3 Å². The number of hydrogen-bond donors (Lipinski definition) is 0. The van der Waals surface area contributed by atoms with Gasteiger partial charge in [-0.25, -0.2) is 9.97 Å². The van der Waals surface area contributed by atoms with Crippen molar-refractivity contribution in [3.05, 3.63) is 72.8 Å². The van der Waals surface area contributed by atoms with Crippen molar-refractivity contribution in [2.24, 2.45) is 0 Å². The highest BCUT2D eigenvalue weighted by molar-refractivity contribution is 5.80. The molecule has 0 unspecified atom stereocenters. The van der Waals surface area contributed by atoms with Crippen molar-refractivity contribution in [2.45, 2.75) is 6.54 Å². The molecule has 0 atom stereocenters. The van der Waals surface area contributed by atoms with Gasteiger partial charge in [-0.05, 0) is 17.7 Å². The average Bonchev–Trinajstić information content (AvgIpc) is 3.22.